The number of nitrogens with zero attached hydrogens (tertiary/aromatic N) is 2. The van der Waals surface area contributed by atoms with Gasteiger partial charge in [-0.3, -0.25) is 0 Å². The Morgan fingerprint density at radius 1 is 1.17 bits per heavy atom. The first kappa shape index (κ1) is 15.0. The van der Waals surface area contributed by atoms with E-state index in [1.165, 1.54) is 36.9 Å². The van der Waals surface area contributed by atoms with Crippen LogP contribution in [0, 0.1) is 29.1 Å². The van der Waals surface area contributed by atoms with Gasteiger partial charge in [-0.25, -0.2) is 4.98 Å². The molecule has 1 aromatic heterocycles. The SMILES string of the molecule is C[C@@H]1[C@@H](CCc2ccc(-n3ccnc3)cc2)C[C@H]2C[C@@H]1C2(C)C. The summed E-state index contributed by atoms with van der Waals surface area (Å²) < 4.78 is 2.06. The Bertz CT molecular complexity index is 654. The average Bonchev–Trinajstić information content (AvgIpc) is 3.08. The molecule has 0 unspecified atom stereocenters. The molecule has 0 amide bonds. The number of hydrogen-bond donors (Lipinski definition) is 0. The average molecular weight is 308 g/mol. The molecule has 2 heteroatoms. The third-order valence-electron chi connectivity index (χ3n) is 7.05. The van der Waals surface area contributed by atoms with Crippen molar-refractivity contribution < 1.29 is 0 Å². The summed E-state index contributed by atoms with van der Waals surface area (Å²) >= 11 is 0. The first-order valence-corrected chi connectivity index (χ1v) is 9.13. The molecule has 0 saturated heterocycles. The van der Waals surface area contributed by atoms with Gasteiger partial charge >= 0.3 is 0 Å². The van der Waals surface area contributed by atoms with E-state index in [4.69, 9.17) is 0 Å². The zero-order chi connectivity index (χ0) is 16.0. The lowest BCUT2D eigenvalue weighted by Gasteiger charge is -2.62. The highest BCUT2D eigenvalue weighted by Crippen LogP contribution is 2.63. The van der Waals surface area contributed by atoms with Crippen LogP contribution >= 0.6 is 0 Å². The van der Waals surface area contributed by atoms with E-state index in [0.29, 0.717) is 5.41 Å². The molecule has 3 aliphatic carbocycles. The van der Waals surface area contributed by atoms with E-state index in [2.05, 4.69) is 54.6 Å². The molecule has 2 bridgehead atoms. The van der Waals surface area contributed by atoms with Crippen molar-refractivity contribution in [3.8, 4) is 5.69 Å². The highest BCUT2D eigenvalue weighted by molar-refractivity contribution is 5.34. The normalized spacial score (nSPS) is 31.6. The van der Waals surface area contributed by atoms with Crippen molar-refractivity contribution in [2.75, 3.05) is 0 Å². The molecule has 122 valence electrons. The van der Waals surface area contributed by atoms with Crippen LogP contribution in [0.4, 0.5) is 0 Å². The van der Waals surface area contributed by atoms with E-state index in [1.54, 1.807) is 0 Å². The Morgan fingerprint density at radius 2 is 1.96 bits per heavy atom. The summed E-state index contributed by atoms with van der Waals surface area (Å²) in [6.07, 6.45) is 11.2. The van der Waals surface area contributed by atoms with Gasteiger partial charge in [0, 0.05) is 18.1 Å². The van der Waals surface area contributed by atoms with Crippen LogP contribution in [0.5, 0.6) is 0 Å². The Balaban J connectivity index is 1.37. The molecule has 23 heavy (non-hydrogen) atoms. The molecule has 5 rings (SSSR count). The fourth-order valence-electron chi connectivity index (χ4n) is 5.24. The highest BCUT2D eigenvalue weighted by Gasteiger charge is 2.55. The first-order valence-electron chi connectivity index (χ1n) is 9.13. The Hall–Kier alpha value is -1.57. The molecule has 2 aromatic rings. The number of fused-ring (bicyclic) bond motifs is 2. The van der Waals surface area contributed by atoms with Crippen LogP contribution in [-0.2, 0) is 6.42 Å². The van der Waals surface area contributed by atoms with Crippen molar-refractivity contribution in [3.63, 3.8) is 0 Å². The lowest BCUT2D eigenvalue weighted by molar-refractivity contribution is -0.129. The fraction of sp³-hybridized carbons (Fsp3) is 0.571. The standard InChI is InChI=1S/C21H28N2/c1-15-17(12-18-13-20(15)21(18,2)3)7-4-16-5-8-19(9-6-16)23-11-10-22-14-23/h5-6,8-11,14-15,17-18,20H,4,7,12-13H2,1-3H3/t15-,17+,18+,20+/m1/s1. The first-order chi connectivity index (χ1) is 11.1. The van der Waals surface area contributed by atoms with E-state index >= 15 is 0 Å². The topological polar surface area (TPSA) is 17.8 Å². The lowest BCUT2D eigenvalue weighted by Crippen LogP contribution is -2.54. The van der Waals surface area contributed by atoms with Gasteiger partial charge in [0.25, 0.3) is 0 Å². The van der Waals surface area contributed by atoms with Crippen LogP contribution in [0.15, 0.2) is 43.0 Å². The molecule has 2 nitrogen and oxygen atoms in total. The highest BCUT2D eigenvalue weighted by atomic mass is 15.0. The molecular formula is C21H28N2. The van der Waals surface area contributed by atoms with Gasteiger partial charge in [0.05, 0.1) is 6.33 Å². The summed E-state index contributed by atoms with van der Waals surface area (Å²) in [6, 6.07) is 8.99. The monoisotopic (exact) mass is 308 g/mol. The van der Waals surface area contributed by atoms with E-state index < -0.39 is 0 Å². The number of imidazole rings is 1. The van der Waals surface area contributed by atoms with Crippen molar-refractivity contribution in [1.29, 1.82) is 0 Å². The quantitative estimate of drug-likeness (QED) is 0.766. The van der Waals surface area contributed by atoms with Gasteiger partial charge in [-0.2, -0.15) is 0 Å². The van der Waals surface area contributed by atoms with Gasteiger partial charge in [0.2, 0.25) is 0 Å². The summed E-state index contributed by atoms with van der Waals surface area (Å²) in [5.74, 6) is 3.78. The molecule has 3 aliphatic rings. The third-order valence-corrected chi connectivity index (χ3v) is 7.05. The van der Waals surface area contributed by atoms with E-state index in [1.807, 2.05) is 18.7 Å². The smallest absolute Gasteiger partial charge is 0.0991 e. The minimum atomic E-state index is 0.613. The summed E-state index contributed by atoms with van der Waals surface area (Å²) in [7, 11) is 0. The maximum Gasteiger partial charge on any atom is 0.0991 e. The van der Waals surface area contributed by atoms with Gasteiger partial charge in [-0.15, -0.1) is 0 Å². The maximum absolute atomic E-state index is 4.11. The molecule has 0 spiro atoms. The van der Waals surface area contributed by atoms with Gasteiger partial charge in [0.1, 0.15) is 0 Å². The second-order valence-electron chi connectivity index (χ2n) is 8.39. The van der Waals surface area contributed by atoms with E-state index in [0.717, 1.165) is 23.7 Å². The summed E-state index contributed by atoms with van der Waals surface area (Å²) in [4.78, 5) is 4.11. The largest absolute Gasteiger partial charge is 0.306 e. The molecule has 0 aliphatic heterocycles. The predicted octanol–water partition coefficient (Wildman–Crippen LogP) is 5.12. The Kier molecular flexibility index (Phi) is 3.59. The molecule has 4 atom stereocenters. The van der Waals surface area contributed by atoms with Crippen LogP contribution in [-0.4, -0.2) is 9.55 Å². The fourth-order valence-corrected chi connectivity index (χ4v) is 5.24. The Morgan fingerprint density at radius 3 is 2.57 bits per heavy atom. The van der Waals surface area contributed by atoms with Gasteiger partial charge in [-0.1, -0.05) is 32.9 Å². The number of aryl methyl sites for hydroxylation is 1. The number of hydrogen-bond acceptors (Lipinski definition) is 1. The van der Waals surface area contributed by atoms with Gasteiger partial charge < -0.3 is 4.57 Å². The molecule has 0 radical (unpaired) electrons. The van der Waals surface area contributed by atoms with Gasteiger partial charge in [0.15, 0.2) is 0 Å². The van der Waals surface area contributed by atoms with Crippen LogP contribution in [0.3, 0.4) is 0 Å². The molecule has 0 N–H and O–H groups in total. The van der Waals surface area contributed by atoms with Crippen molar-refractivity contribution in [2.24, 2.45) is 29.1 Å². The minimum Gasteiger partial charge on any atom is -0.306 e. The molecule has 3 saturated carbocycles. The van der Waals surface area contributed by atoms with Crippen LogP contribution in [0.25, 0.3) is 5.69 Å². The molecule has 3 fully saturated rings. The minimum absolute atomic E-state index is 0.613. The second kappa shape index (κ2) is 5.51. The van der Waals surface area contributed by atoms with Crippen molar-refractivity contribution in [2.45, 2.75) is 46.5 Å². The van der Waals surface area contributed by atoms with Crippen molar-refractivity contribution >= 4 is 0 Å². The maximum atomic E-state index is 4.11. The van der Waals surface area contributed by atoms with Crippen LogP contribution < -0.4 is 0 Å². The van der Waals surface area contributed by atoms with E-state index in [9.17, 15) is 0 Å². The molecule has 1 heterocycles. The zero-order valence-electron chi connectivity index (χ0n) is 14.6. The number of benzene rings is 1. The van der Waals surface area contributed by atoms with Gasteiger partial charge in [-0.05, 0) is 72.5 Å². The summed E-state index contributed by atoms with van der Waals surface area (Å²) in [5, 5.41) is 0. The number of aromatic nitrogens is 2. The second-order valence-corrected chi connectivity index (χ2v) is 8.39. The van der Waals surface area contributed by atoms with Crippen LogP contribution in [0.2, 0.25) is 0 Å². The van der Waals surface area contributed by atoms with Crippen LogP contribution in [0.1, 0.15) is 45.6 Å². The molecular weight excluding hydrogens is 280 g/mol. The number of rotatable bonds is 4. The Labute approximate surface area is 139 Å². The van der Waals surface area contributed by atoms with E-state index in [-0.39, 0.29) is 0 Å². The third kappa shape index (κ3) is 2.52. The summed E-state index contributed by atoms with van der Waals surface area (Å²) in [6.45, 7) is 7.50. The lowest BCUT2D eigenvalue weighted by atomic mass is 9.43. The van der Waals surface area contributed by atoms with Crippen molar-refractivity contribution in [1.82, 2.24) is 9.55 Å². The summed E-state index contributed by atoms with van der Waals surface area (Å²) in [5.41, 5.74) is 3.28. The molecule has 1 aromatic carbocycles. The zero-order valence-corrected chi connectivity index (χ0v) is 14.6. The predicted molar refractivity (Wildman–Crippen MR) is 94.5 cm³/mol. The van der Waals surface area contributed by atoms with Crippen molar-refractivity contribution in [3.05, 3.63) is 48.5 Å².